The van der Waals surface area contributed by atoms with E-state index in [1.807, 2.05) is 0 Å². The lowest BCUT2D eigenvalue weighted by atomic mass is 9.83. The van der Waals surface area contributed by atoms with E-state index in [4.69, 9.17) is 16.2 Å². The van der Waals surface area contributed by atoms with Crippen molar-refractivity contribution in [2.24, 2.45) is 11.5 Å². The molecule has 21 heavy (non-hydrogen) atoms. The van der Waals surface area contributed by atoms with Crippen LogP contribution < -0.4 is 16.2 Å². The zero-order chi connectivity index (χ0) is 15.5. The predicted molar refractivity (Wildman–Crippen MR) is 77.1 cm³/mol. The van der Waals surface area contributed by atoms with Gasteiger partial charge in [-0.15, -0.1) is 0 Å². The van der Waals surface area contributed by atoms with Crippen LogP contribution in [-0.4, -0.2) is 23.0 Å². The van der Waals surface area contributed by atoms with Gasteiger partial charge in [-0.25, -0.2) is 0 Å². The maximum Gasteiger partial charge on any atom is 0.311 e. The Balaban J connectivity index is 2.15. The third-order valence-electron chi connectivity index (χ3n) is 3.80. The van der Waals surface area contributed by atoms with Gasteiger partial charge in [0.25, 0.3) is 0 Å². The first kappa shape index (κ1) is 15.2. The number of benzene rings is 1. The number of nitrogens with zero attached hydrogens (tertiary/aromatic N) is 1. The fraction of sp³-hybridized carbons (Fsp3) is 0.500. The van der Waals surface area contributed by atoms with Crippen LogP contribution in [-0.2, 0) is 0 Å². The highest BCUT2D eigenvalue weighted by molar-refractivity contribution is 5.93. The van der Waals surface area contributed by atoms with Crippen LogP contribution in [0.25, 0.3) is 0 Å². The molecule has 0 aliphatic heterocycles. The van der Waals surface area contributed by atoms with Gasteiger partial charge in [-0.3, -0.25) is 14.9 Å². The minimum atomic E-state index is -0.716. The first-order valence-electron chi connectivity index (χ1n) is 6.91. The molecule has 114 valence electrons. The van der Waals surface area contributed by atoms with Gasteiger partial charge < -0.3 is 16.2 Å². The molecule has 1 aromatic rings. The van der Waals surface area contributed by atoms with Gasteiger partial charge in [-0.2, -0.15) is 0 Å². The molecule has 0 saturated heterocycles. The van der Waals surface area contributed by atoms with Gasteiger partial charge in [-0.05, 0) is 25.0 Å². The number of hydrogen-bond donors (Lipinski definition) is 2. The van der Waals surface area contributed by atoms with Crippen molar-refractivity contribution >= 4 is 11.6 Å². The Morgan fingerprint density at radius 1 is 1.33 bits per heavy atom. The summed E-state index contributed by atoms with van der Waals surface area (Å²) in [6.45, 7) is 0.226. The highest BCUT2D eigenvalue weighted by Gasteiger charge is 2.29. The Morgan fingerprint density at radius 2 is 2.00 bits per heavy atom. The van der Waals surface area contributed by atoms with E-state index in [2.05, 4.69) is 0 Å². The number of primary amides is 1. The zero-order valence-corrected chi connectivity index (χ0v) is 11.7. The summed E-state index contributed by atoms with van der Waals surface area (Å²) < 4.78 is 5.56. The molecule has 7 heteroatoms. The van der Waals surface area contributed by atoms with Crippen molar-refractivity contribution in [1.29, 1.82) is 0 Å². The topological polar surface area (TPSA) is 121 Å². The van der Waals surface area contributed by atoms with E-state index < -0.39 is 16.4 Å². The zero-order valence-electron chi connectivity index (χ0n) is 11.7. The molecule has 1 amide bonds. The van der Waals surface area contributed by atoms with Crippen molar-refractivity contribution in [2.75, 3.05) is 6.61 Å². The fourth-order valence-electron chi connectivity index (χ4n) is 2.56. The number of nitro benzene ring substituents is 1. The van der Waals surface area contributed by atoms with E-state index in [1.165, 1.54) is 12.1 Å². The van der Waals surface area contributed by atoms with E-state index in [-0.39, 0.29) is 23.6 Å². The number of rotatable bonds is 5. The predicted octanol–water partition coefficient (Wildman–Crippen LogP) is 1.73. The van der Waals surface area contributed by atoms with Gasteiger partial charge >= 0.3 is 5.69 Å². The largest absolute Gasteiger partial charge is 0.485 e. The van der Waals surface area contributed by atoms with Crippen LogP contribution in [0, 0.1) is 10.1 Å². The molecule has 0 radical (unpaired) electrons. The van der Waals surface area contributed by atoms with Gasteiger partial charge in [0, 0.05) is 11.6 Å². The molecule has 4 N–H and O–H groups in total. The van der Waals surface area contributed by atoms with Gasteiger partial charge in [0.15, 0.2) is 5.75 Å². The molecule has 0 atom stereocenters. The average Bonchev–Trinajstić information content (AvgIpc) is 2.45. The van der Waals surface area contributed by atoms with Crippen molar-refractivity contribution in [1.82, 2.24) is 0 Å². The summed E-state index contributed by atoms with van der Waals surface area (Å²) in [5.41, 5.74) is 10.7. The molecule has 1 aliphatic carbocycles. The maximum atomic E-state index is 11.1. The van der Waals surface area contributed by atoms with E-state index in [9.17, 15) is 14.9 Å². The van der Waals surface area contributed by atoms with Crippen LogP contribution in [0.3, 0.4) is 0 Å². The van der Waals surface area contributed by atoms with E-state index in [0.717, 1.165) is 38.2 Å². The maximum absolute atomic E-state index is 11.1. The van der Waals surface area contributed by atoms with Crippen molar-refractivity contribution in [3.8, 4) is 5.75 Å². The SMILES string of the molecule is NC(=O)c1ccc(OCC2(N)CCCCC2)c([N+](=O)[O-])c1. The minimum Gasteiger partial charge on any atom is -0.485 e. The summed E-state index contributed by atoms with van der Waals surface area (Å²) in [6.07, 6.45) is 4.94. The molecule has 1 aliphatic rings. The summed E-state index contributed by atoms with van der Waals surface area (Å²) in [4.78, 5) is 21.6. The third kappa shape index (κ3) is 3.69. The molecular formula is C14H19N3O4. The quantitative estimate of drug-likeness (QED) is 0.632. The summed E-state index contributed by atoms with van der Waals surface area (Å²) in [6, 6.07) is 3.93. The second-order valence-corrected chi connectivity index (χ2v) is 5.52. The summed E-state index contributed by atoms with van der Waals surface area (Å²) in [5.74, 6) is -0.604. The van der Waals surface area contributed by atoms with Crippen molar-refractivity contribution in [3.63, 3.8) is 0 Å². The minimum absolute atomic E-state index is 0.0779. The van der Waals surface area contributed by atoms with Crippen molar-refractivity contribution in [2.45, 2.75) is 37.6 Å². The number of nitro groups is 1. The number of carbonyl (C=O) groups is 1. The number of amides is 1. The average molecular weight is 293 g/mol. The molecule has 1 fully saturated rings. The molecule has 0 spiro atoms. The van der Waals surface area contributed by atoms with Gasteiger partial charge in [0.05, 0.1) is 10.5 Å². The Hall–Kier alpha value is -2.15. The summed E-state index contributed by atoms with van der Waals surface area (Å²) in [7, 11) is 0. The molecule has 0 unspecified atom stereocenters. The lowest BCUT2D eigenvalue weighted by molar-refractivity contribution is -0.385. The van der Waals surface area contributed by atoms with Gasteiger partial charge in [-0.1, -0.05) is 19.3 Å². The van der Waals surface area contributed by atoms with Gasteiger partial charge in [0.2, 0.25) is 5.91 Å². The lowest BCUT2D eigenvalue weighted by Gasteiger charge is -2.32. The van der Waals surface area contributed by atoms with Crippen LogP contribution in [0.2, 0.25) is 0 Å². The smallest absolute Gasteiger partial charge is 0.311 e. The second-order valence-electron chi connectivity index (χ2n) is 5.52. The first-order chi connectivity index (χ1) is 9.91. The standard InChI is InChI=1S/C14H19N3O4/c15-13(18)10-4-5-12(11(8-10)17(19)20)21-9-14(16)6-2-1-3-7-14/h4-5,8H,1-3,6-7,9,16H2,(H2,15,18). The monoisotopic (exact) mass is 293 g/mol. The molecule has 1 saturated carbocycles. The number of ether oxygens (including phenoxy) is 1. The Morgan fingerprint density at radius 3 is 2.57 bits per heavy atom. The summed E-state index contributed by atoms with van der Waals surface area (Å²) >= 11 is 0. The number of nitrogens with two attached hydrogens (primary N) is 2. The van der Waals surface area contributed by atoms with Crippen LogP contribution in [0.5, 0.6) is 5.75 Å². The van der Waals surface area contributed by atoms with E-state index >= 15 is 0 Å². The molecule has 2 rings (SSSR count). The Bertz CT molecular complexity index is 553. The van der Waals surface area contributed by atoms with Crippen LogP contribution in [0.15, 0.2) is 18.2 Å². The van der Waals surface area contributed by atoms with E-state index in [1.54, 1.807) is 0 Å². The van der Waals surface area contributed by atoms with E-state index in [0.29, 0.717) is 0 Å². The molecule has 0 heterocycles. The third-order valence-corrected chi connectivity index (χ3v) is 3.80. The Labute approximate surface area is 122 Å². The number of hydrogen-bond acceptors (Lipinski definition) is 5. The van der Waals surface area contributed by atoms with Crippen molar-refractivity contribution < 1.29 is 14.5 Å². The van der Waals surface area contributed by atoms with Crippen LogP contribution in [0.4, 0.5) is 5.69 Å². The lowest BCUT2D eigenvalue weighted by Crippen LogP contribution is -2.47. The van der Waals surface area contributed by atoms with Crippen LogP contribution in [0.1, 0.15) is 42.5 Å². The highest BCUT2D eigenvalue weighted by Crippen LogP contribution is 2.31. The van der Waals surface area contributed by atoms with Gasteiger partial charge in [0.1, 0.15) is 6.61 Å². The van der Waals surface area contributed by atoms with Crippen molar-refractivity contribution in [3.05, 3.63) is 33.9 Å². The Kier molecular flexibility index (Phi) is 4.42. The molecule has 7 nitrogen and oxygen atoms in total. The van der Waals surface area contributed by atoms with Crippen LogP contribution >= 0.6 is 0 Å². The molecular weight excluding hydrogens is 274 g/mol. The fourth-order valence-corrected chi connectivity index (χ4v) is 2.56. The normalized spacial score (nSPS) is 17.2. The molecule has 0 aromatic heterocycles. The molecule has 0 bridgehead atoms. The first-order valence-corrected chi connectivity index (χ1v) is 6.91. The highest BCUT2D eigenvalue weighted by atomic mass is 16.6. The second kappa shape index (κ2) is 6.09. The molecule has 1 aromatic carbocycles. The number of carbonyl (C=O) groups excluding carboxylic acids is 1. The summed E-state index contributed by atoms with van der Waals surface area (Å²) in [5, 5.41) is 11.1.